The van der Waals surface area contributed by atoms with Gasteiger partial charge in [-0.15, -0.1) is 0 Å². The largest absolute Gasteiger partial charge is 0.492 e. The molecule has 0 bridgehead atoms. The van der Waals surface area contributed by atoms with Gasteiger partial charge >= 0.3 is 0 Å². The van der Waals surface area contributed by atoms with E-state index in [1.807, 2.05) is 26.8 Å². The van der Waals surface area contributed by atoms with Crippen LogP contribution in [0.5, 0.6) is 5.75 Å². The molecule has 1 unspecified atom stereocenters. The molecule has 0 spiro atoms. The van der Waals surface area contributed by atoms with E-state index in [0.717, 1.165) is 11.1 Å². The van der Waals surface area contributed by atoms with Crippen molar-refractivity contribution in [1.82, 2.24) is 4.72 Å². The highest BCUT2D eigenvalue weighted by molar-refractivity contribution is 7.89. The van der Waals surface area contributed by atoms with Gasteiger partial charge in [0.2, 0.25) is 10.0 Å². The number of rotatable bonds is 4. The molecule has 1 aliphatic heterocycles. The molecular formula is C14H22N2O3S. The fourth-order valence-electron chi connectivity index (χ4n) is 2.19. The number of aryl methyl sites for hydroxylation is 1. The zero-order chi connectivity index (χ0) is 14.9. The first-order valence-corrected chi connectivity index (χ1v) is 8.32. The van der Waals surface area contributed by atoms with Crippen LogP contribution in [0.25, 0.3) is 0 Å². The van der Waals surface area contributed by atoms with E-state index in [2.05, 4.69) is 4.72 Å². The molecule has 2 rings (SSSR count). The third kappa shape index (κ3) is 3.13. The molecule has 0 fully saturated rings. The zero-order valence-corrected chi connectivity index (χ0v) is 13.0. The second-order valence-corrected chi connectivity index (χ2v) is 7.41. The summed E-state index contributed by atoms with van der Waals surface area (Å²) < 4.78 is 33.1. The van der Waals surface area contributed by atoms with Gasteiger partial charge in [0, 0.05) is 24.6 Å². The van der Waals surface area contributed by atoms with Gasteiger partial charge in [-0.25, -0.2) is 13.1 Å². The smallest absolute Gasteiger partial charge is 0.244 e. The lowest BCUT2D eigenvalue weighted by molar-refractivity contribution is 0.261. The summed E-state index contributed by atoms with van der Waals surface area (Å²) in [4.78, 5) is 0.198. The Morgan fingerprint density at radius 3 is 2.80 bits per heavy atom. The average Bonchev–Trinajstić information content (AvgIpc) is 2.37. The maximum Gasteiger partial charge on any atom is 0.244 e. The molecular weight excluding hydrogens is 276 g/mol. The summed E-state index contributed by atoms with van der Waals surface area (Å²) in [5.74, 6) is 0.652. The minimum absolute atomic E-state index is 0.169. The third-order valence-electron chi connectivity index (χ3n) is 3.27. The summed E-state index contributed by atoms with van der Waals surface area (Å²) >= 11 is 0. The van der Waals surface area contributed by atoms with Crippen LogP contribution >= 0.6 is 0 Å². The molecule has 112 valence electrons. The average molecular weight is 298 g/mol. The molecule has 5 nitrogen and oxygen atoms in total. The van der Waals surface area contributed by atoms with E-state index in [0.29, 0.717) is 25.3 Å². The van der Waals surface area contributed by atoms with Gasteiger partial charge in [0.05, 0.1) is 6.61 Å². The first-order valence-electron chi connectivity index (χ1n) is 6.84. The summed E-state index contributed by atoms with van der Waals surface area (Å²) in [6, 6.07) is 3.37. The van der Waals surface area contributed by atoms with Gasteiger partial charge in [-0.05, 0) is 24.5 Å². The number of hydrogen-bond donors (Lipinski definition) is 2. The van der Waals surface area contributed by atoms with Crippen LogP contribution in [-0.4, -0.2) is 21.6 Å². The van der Waals surface area contributed by atoms with Crippen molar-refractivity contribution in [2.45, 2.75) is 38.1 Å². The van der Waals surface area contributed by atoms with Crippen LogP contribution in [0.2, 0.25) is 0 Å². The molecule has 0 aromatic heterocycles. The summed E-state index contributed by atoms with van der Waals surface area (Å²) in [6.45, 7) is 6.63. The van der Waals surface area contributed by atoms with E-state index in [1.54, 1.807) is 6.07 Å². The van der Waals surface area contributed by atoms with Crippen molar-refractivity contribution in [2.24, 2.45) is 11.7 Å². The molecule has 0 amide bonds. The van der Waals surface area contributed by atoms with Gasteiger partial charge in [-0.3, -0.25) is 0 Å². The molecule has 1 atom stereocenters. The lowest BCUT2D eigenvalue weighted by Crippen LogP contribution is -2.29. The second-order valence-electron chi connectivity index (χ2n) is 5.67. The Morgan fingerprint density at radius 1 is 1.45 bits per heavy atom. The minimum atomic E-state index is -3.57. The molecule has 20 heavy (non-hydrogen) atoms. The van der Waals surface area contributed by atoms with Gasteiger partial charge in [-0.2, -0.15) is 0 Å². The molecule has 0 saturated heterocycles. The summed E-state index contributed by atoms with van der Waals surface area (Å²) in [5, 5.41) is 0. The summed E-state index contributed by atoms with van der Waals surface area (Å²) in [6.07, 6.45) is 0.704. The lowest BCUT2D eigenvalue weighted by Gasteiger charge is -2.25. The maximum atomic E-state index is 12.4. The first-order chi connectivity index (χ1) is 9.31. The molecule has 1 aromatic rings. The second kappa shape index (κ2) is 5.71. The highest BCUT2D eigenvalue weighted by Gasteiger charge is 2.27. The SMILES string of the molecule is Cc1cc2c(c(S(=O)(=O)NCC(C)C)c1)OCCC2N. The monoisotopic (exact) mass is 298 g/mol. The van der Waals surface area contributed by atoms with Gasteiger partial charge in [0.15, 0.2) is 0 Å². The van der Waals surface area contributed by atoms with E-state index in [4.69, 9.17) is 10.5 Å². The Bertz CT molecular complexity index is 597. The number of sulfonamides is 1. The van der Waals surface area contributed by atoms with Crippen LogP contribution in [0.4, 0.5) is 0 Å². The van der Waals surface area contributed by atoms with Crippen molar-refractivity contribution in [1.29, 1.82) is 0 Å². The lowest BCUT2D eigenvalue weighted by atomic mass is 9.99. The zero-order valence-electron chi connectivity index (χ0n) is 12.1. The molecule has 0 radical (unpaired) electrons. The van der Waals surface area contributed by atoms with Crippen LogP contribution < -0.4 is 15.2 Å². The quantitative estimate of drug-likeness (QED) is 0.886. The number of fused-ring (bicyclic) bond motifs is 1. The predicted molar refractivity (Wildman–Crippen MR) is 78.2 cm³/mol. The van der Waals surface area contributed by atoms with Crippen molar-refractivity contribution in [3.05, 3.63) is 23.3 Å². The number of nitrogens with one attached hydrogen (secondary N) is 1. The molecule has 0 saturated carbocycles. The van der Waals surface area contributed by atoms with E-state index < -0.39 is 10.0 Å². The Kier molecular flexibility index (Phi) is 4.36. The van der Waals surface area contributed by atoms with Crippen molar-refractivity contribution in [3.63, 3.8) is 0 Å². The van der Waals surface area contributed by atoms with Gasteiger partial charge in [0.1, 0.15) is 10.6 Å². The molecule has 1 aliphatic rings. The topological polar surface area (TPSA) is 81.4 Å². The number of hydrogen-bond acceptors (Lipinski definition) is 4. The standard InChI is InChI=1S/C14H22N2O3S/c1-9(2)8-16-20(17,18)13-7-10(3)6-11-12(15)4-5-19-14(11)13/h6-7,9,12,16H,4-5,8,15H2,1-3H3. The van der Waals surface area contributed by atoms with Gasteiger partial charge in [-0.1, -0.05) is 19.9 Å². The molecule has 0 aliphatic carbocycles. The molecule has 1 aromatic carbocycles. The van der Waals surface area contributed by atoms with E-state index in [1.165, 1.54) is 0 Å². The van der Waals surface area contributed by atoms with Crippen LogP contribution in [-0.2, 0) is 10.0 Å². The normalized spacial score (nSPS) is 18.8. The molecule has 6 heteroatoms. The minimum Gasteiger partial charge on any atom is -0.492 e. The molecule has 1 heterocycles. The first kappa shape index (κ1) is 15.3. The highest BCUT2D eigenvalue weighted by atomic mass is 32.2. The van der Waals surface area contributed by atoms with Crippen LogP contribution in [0, 0.1) is 12.8 Å². The molecule has 3 N–H and O–H groups in total. The van der Waals surface area contributed by atoms with Crippen LogP contribution in [0.1, 0.15) is 37.4 Å². The van der Waals surface area contributed by atoms with Crippen LogP contribution in [0.3, 0.4) is 0 Å². The third-order valence-corrected chi connectivity index (χ3v) is 4.70. The maximum absolute atomic E-state index is 12.4. The fourth-order valence-corrected chi connectivity index (χ4v) is 3.66. The Morgan fingerprint density at radius 2 is 2.15 bits per heavy atom. The number of benzene rings is 1. The van der Waals surface area contributed by atoms with Crippen molar-refractivity contribution < 1.29 is 13.2 Å². The van der Waals surface area contributed by atoms with Crippen molar-refractivity contribution in [2.75, 3.05) is 13.2 Å². The summed E-state index contributed by atoms with van der Waals surface area (Å²) in [7, 11) is -3.57. The van der Waals surface area contributed by atoms with Crippen molar-refractivity contribution >= 4 is 10.0 Å². The Hall–Kier alpha value is -1.11. The van der Waals surface area contributed by atoms with E-state index in [9.17, 15) is 8.42 Å². The van der Waals surface area contributed by atoms with E-state index >= 15 is 0 Å². The number of nitrogens with two attached hydrogens (primary N) is 1. The fraction of sp³-hybridized carbons (Fsp3) is 0.571. The van der Waals surface area contributed by atoms with E-state index in [-0.39, 0.29) is 16.9 Å². The van der Waals surface area contributed by atoms with Crippen LogP contribution in [0.15, 0.2) is 17.0 Å². The predicted octanol–water partition coefficient (Wildman–Crippen LogP) is 1.71. The highest BCUT2D eigenvalue weighted by Crippen LogP contribution is 2.37. The van der Waals surface area contributed by atoms with Gasteiger partial charge in [0.25, 0.3) is 0 Å². The van der Waals surface area contributed by atoms with Gasteiger partial charge < -0.3 is 10.5 Å². The Labute approximate surface area is 120 Å². The van der Waals surface area contributed by atoms with Crippen molar-refractivity contribution in [3.8, 4) is 5.75 Å². The number of ether oxygens (including phenoxy) is 1. The summed E-state index contributed by atoms with van der Waals surface area (Å²) in [5.41, 5.74) is 7.70. The Balaban J connectivity index is 2.46.